The Labute approximate surface area is 117 Å². The number of hydrogen-bond acceptors (Lipinski definition) is 4. The molecule has 0 aliphatic rings. The molecule has 0 radical (unpaired) electrons. The first-order valence-electron chi connectivity index (χ1n) is 7.23. The summed E-state index contributed by atoms with van der Waals surface area (Å²) in [7, 11) is 0. The number of nitrogens with one attached hydrogen (secondary N) is 1. The Morgan fingerprint density at radius 2 is 1.95 bits per heavy atom. The first-order chi connectivity index (χ1) is 9.21. The lowest BCUT2D eigenvalue weighted by Gasteiger charge is -2.18. The van der Waals surface area contributed by atoms with Crippen LogP contribution in [-0.2, 0) is 6.54 Å². The summed E-state index contributed by atoms with van der Waals surface area (Å²) in [5.41, 5.74) is 2.28. The van der Waals surface area contributed by atoms with Gasteiger partial charge in [0.25, 0.3) is 0 Å². The van der Waals surface area contributed by atoms with Crippen molar-refractivity contribution in [2.24, 2.45) is 0 Å². The van der Waals surface area contributed by atoms with E-state index in [2.05, 4.69) is 42.0 Å². The number of aromatic nitrogens is 1. The monoisotopic (exact) mass is 265 g/mol. The van der Waals surface area contributed by atoms with Crippen LogP contribution in [0.5, 0.6) is 5.88 Å². The third kappa shape index (κ3) is 5.57. The maximum absolute atomic E-state index is 5.71. The van der Waals surface area contributed by atoms with Crippen LogP contribution in [0.2, 0.25) is 0 Å². The summed E-state index contributed by atoms with van der Waals surface area (Å²) in [6.07, 6.45) is 0. The van der Waals surface area contributed by atoms with Crippen LogP contribution in [-0.4, -0.2) is 42.7 Å². The molecule has 4 nitrogen and oxygen atoms in total. The van der Waals surface area contributed by atoms with Crippen LogP contribution < -0.4 is 10.1 Å². The van der Waals surface area contributed by atoms with Crippen molar-refractivity contribution in [1.82, 2.24) is 15.2 Å². The van der Waals surface area contributed by atoms with Crippen LogP contribution in [0, 0.1) is 6.92 Å². The minimum Gasteiger partial charge on any atom is -0.476 e. The SMILES string of the molecule is CCNCc1ccc(OCCN(CC)CC)nc1C. The predicted molar refractivity (Wildman–Crippen MR) is 79.6 cm³/mol. The molecule has 4 heteroatoms. The van der Waals surface area contributed by atoms with Gasteiger partial charge in [-0.25, -0.2) is 4.98 Å². The average Bonchev–Trinajstić information content (AvgIpc) is 2.43. The highest BCUT2D eigenvalue weighted by atomic mass is 16.5. The second kappa shape index (κ2) is 8.88. The zero-order chi connectivity index (χ0) is 14.1. The lowest BCUT2D eigenvalue weighted by Crippen LogP contribution is -2.28. The molecule has 0 unspecified atom stereocenters. The predicted octanol–water partition coefficient (Wildman–Crippen LogP) is 2.22. The van der Waals surface area contributed by atoms with Gasteiger partial charge in [-0.05, 0) is 32.1 Å². The minimum absolute atomic E-state index is 0.695. The average molecular weight is 265 g/mol. The minimum atomic E-state index is 0.695. The molecule has 0 fully saturated rings. The van der Waals surface area contributed by atoms with Crippen molar-refractivity contribution >= 4 is 0 Å². The number of pyridine rings is 1. The molecule has 0 amide bonds. The standard InChI is InChI=1S/C15H27N3O/c1-5-16-12-14-8-9-15(17-13(14)4)19-11-10-18(6-2)7-3/h8-9,16H,5-7,10-12H2,1-4H3. The van der Waals surface area contributed by atoms with Crippen molar-refractivity contribution in [2.75, 3.05) is 32.8 Å². The zero-order valence-corrected chi connectivity index (χ0v) is 12.7. The van der Waals surface area contributed by atoms with Gasteiger partial charge in [0.2, 0.25) is 5.88 Å². The fraction of sp³-hybridized carbons (Fsp3) is 0.667. The van der Waals surface area contributed by atoms with Crippen molar-refractivity contribution < 1.29 is 4.74 Å². The largest absolute Gasteiger partial charge is 0.476 e. The van der Waals surface area contributed by atoms with Gasteiger partial charge in [-0.1, -0.05) is 26.8 Å². The Morgan fingerprint density at radius 3 is 2.53 bits per heavy atom. The second-order valence-electron chi connectivity index (χ2n) is 4.55. The summed E-state index contributed by atoms with van der Waals surface area (Å²) < 4.78 is 5.71. The number of aryl methyl sites for hydroxylation is 1. The lowest BCUT2D eigenvalue weighted by atomic mass is 10.2. The molecular weight excluding hydrogens is 238 g/mol. The quantitative estimate of drug-likeness (QED) is 0.743. The molecule has 0 aliphatic heterocycles. The van der Waals surface area contributed by atoms with E-state index in [4.69, 9.17) is 4.74 Å². The van der Waals surface area contributed by atoms with Gasteiger partial charge >= 0.3 is 0 Å². The van der Waals surface area contributed by atoms with E-state index in [0.29, 0.717) is 6.61 Å². The summed E-state index contributed by atoms with van der Waals surface area (Å²) in [6.45, 7) is 14.1. The highest BCUT2D eigenvalue weighted by Gasteiger charge is 2.03. The molecule has 108 valence electrons. The number of rotatable bonds is 9. The summed E-state index contributed by atoms with van der Waals surface area (Å²) in [5, 5.41) is 3.31. The molecule has 0 aliphatic carbocycles. The summed E-state index contributed by atoms with van der Waals surface area (Å²) in [6, 6.07) is 4.06. The van der Waals surface area contributed by atoms with Crippen molar-refractivity contribution in [3.05, 3.63) is 23.4 Å². The smallest absolute Gasteiger partial charge is 0.213 e. The molecule has 1 aromatic heterocycles. The summed E-state index contributed by atoms with van der Waals surface area (Å²) >= 11 is 0. The molecule has 0 saturated carbocycles. The van der Waals surface area contributed by atoms with Crippen molar-refractivity contribution in [3.8, 4) is 5.88 Å². The Balaban J connectivity index is 2.44. The van der Waals surface area contributed by atoms with Crippen LogP contribution >= 0.6 is 0 Å². The maximum Gasteiger partial charge on any atom is 0.213 e. The third-order valence-corrected chi connectivity index (χ3v) is 3.29. The normalized spacial score (nSPS) is 11.0. The van der Waals surface area contributed by atoms with Crippen LogP contribution in [0.1, 0.15) is 32.0 Å². The van der Waals surface area contributed by atoms with E-state index in [9.17, 15) is 0 Å². The van der Waals surface area contributed by atoms with Gasteiger partial charge in [0.05, 0.1) is 0 Å². The van der Waals surface area contributed by atoms with E-state index >= 15 is 0 Å². The molecule has 0 spiro atoms. The van der Waals surface area contributed by atoms with E-state index in [1.165, 1.54) is 5.56 Å². The number of ether oxygens (including phenoxy) is 1. The summed E-state index contributed by atoms with van der Waals surface area (Å²) in [4.78, 5) is 6.83. The topological polar surface area (TPSA) is 37.4 Å². The van der Waals surface area contributed by atoms with Crippen LogP contribution in [0.25, 0.3) is 0 Å². The Morgan fingerprint density at radius 1 is 1.21 bits per heavy atom. The molecule has 1 aromatic rings. The Hall–Kier alpha value is -1.13. The highest BCUT2D eigenvalue weighted by molar-refractivity contribution is 5.24. The number of hydrogen-bond donors (Lipinski definition) is 1. The Kier molecular flexibility index (Phi) is 7.45. The second-order valence-corrected chi connectivity index (χ2v) is 4.55. The molecule has 1 heterocycles. The Bertz CT molecular complexity index is 364. The van der Waals surface area contributed by atoms with Crippen molar-refractivity contribution in [2.45, 2.75) is 34.2 Å². The maximum atomic E-state index is 5.71. The summed E-state index contributed by atoms with van der Waals surface area (Å²) in [5.74, 6) is 0.727. The molecule has 0 saturated heterocycles. The van der Waals surface area contributed by atoms with Gasteiger partial charge in [-0.15, -0.1) is 0 Å². The van der Waals surface area contributed by atoms with Crippen molar-refractivity contribution in [1.29, 1.82) is 0 Å². The molecule has 19 heavy (non-hydrogen) atoms. The van der Waals surface area contributed by atoms with Crippen molar-refractivity contribution in [3.63, 3.8) is 0 Å². The zero-order valence-electron chi connectivity index (χ0n) is 12.7. The van der Waals surface area contributed by atoms with E-state index < -0.39 is 0 Å². The van der Waals surface area contributed by atoms with Gasteiger partial charge in [-0.3, -0.25) is 0 Å². The van der Waals surface area contributed by atoms with E-state index in [0.717, 1.165) is 44.3 Å². The third-order valence-electron chi connectivity index (χ3n) is 3.29. The molecule has 0 atom stereocenters. The van der Waals surface area contributed by atoms with Gasteiger partial charge in [0.1, 0.15) is 6.61 Å². The fourth-order valence-corrected chi connectivity index (χ4v) is 1.91. The molecule has 0 aromatic carbocycles. The lowest BCUT2D eigenvalue weighted by molar-refractivity contribution is 0.217. The molecular formula is C15H27N3O. The highest BCUT2D eigenvalue weighted by Crippen LogP contribution is 2.12. The molecule has 1 N–H and O–H groups in total. The van der Waals surface area contributed by atoms with Crippen LogP contribution in [0.4, 0.5) is 0 Å². The number of nitrogens with zero attached hydrogens (tertiary/aromatic N) is 2. The van der Waals surface area contributed by atoms with Gasteiger partial charge in [0.15, 0.2) is 0 Å². The van der Waals surface area contributed by atoms with E-state index in [1.54, 1.807) is 0 Å². The van der Waals surface area contributed by atoms with Gasteiger partial charge in [0, 0.05) is 24.8 Å². The van der Waals surface area contributed by atoms with Crippen LogP contribution in [0.15, 0.2) is 12.1 Å². The van der Waals surface area contributed by atoms with Gasteiger partial charge in [-0.2, -0.15) is 0 Å². The van der Waals surface area contributed by atoms with Crippen LogP contribution in [0.3, 0.4) is 0 Å². The first kappa shape index (κ1) is 15.9. The number of likely N-dealkylation sites (N-methyl/N-ethyl adjacent to an activating group) is 1. The molecule has 1 rings (SSSR count). The first-order valence-corrected chi connectivity index (χ1v) is 7.23. The van der Waals surface area contributed by atoms with E-state index in [-0.39, 0.29) is 0 Å². The van der Waals surface area contributed by atoms with Gasteiger partial charge < -0.3 is 15.0 Å². The fourth-order valence-electron chi connectivity index (χ4n) is 1.91. The van der Waals surface area contributed by atoms with E-state index in [1.807, 2.05) is 13.0 Å². The molecule has 0 bridgehead atoms.